The van der Waals surface area contributed by atoms with Gasteiger partial charge < -0.3 is 4.98 Å². The number of imidazole rings is 1. The molecule has 2 heterocycles. The van der Waals surface area contributed by atoms with Gasteiger partial charge in [-0.3, -0.25) is 0 Å². The highest BCUT2D eigenvalue weighted by Gasteiger charge is 2.25. The summed E-state index contributed by atoms with van der Waals surface area (Å²) in [5.41, 5.74) is 7.21. The van der Waals surface area contributed by atoms with Gasteiger partial charge in [0, 0.05) is 4.88 Å². The van der Waals surface area contributed by atoms with Crippen LogP contribution in [0.25, 0.3) is 33.3 Å². The van der Waals surface area contributed by atoms with Crippen LogP contribution >= 0.6 is 11.3 Å². The van der Waals surface area contributed by atoms with E-state index in [4.69, 9.17) is 0 Å². The van der Waals surface area contributed by atoms with E-state index in [1.165, 1.54) is 35.1 Å². The van der Waals surface area contributed by atoms with Gasteiger partial charge in [-0.05, 0) is 64.6 Å². The Morgan fingerprint density at radius 1 is 0.870 bits per heavy atom. The molecule has 4 aromatic rings. The van der Waals surface area contributed by atoms with Gasteiger partial charge in [0.2, 0.25) is 0 Å². The number of hydrogen-bond acceptors (Lipinski definition) is 2. The van der Waals surface area contributed by atoms with E-state index < -0.39 is 0 Å². The molecule has 1 saturated carbocycles. The number of aromatic amines is 1. The largest absolute Gasteiger partial charge is 0.345 e. The molecule has 112 valence electrons. The van der Waals surface area contributed by atoms with Crippen LogP contribution in [-0.4, -0.2) is 9.97 Å². The van der Waals surface area contributed by atoms with Gasteiger partial charge in [0.05, 0.1) is 17.4 Å². The molecule has 0 spiro atoms. The standard InChI is InChI=1S/C20H16N2S/c1-3-14(17-10-20(23-11-17)15-5-6-15)4-2-13(1)16-7-8-18-19(9-16)22-12-21-18/h1-4,7-12,15H,5-6H2,(H,21,22). The molecule has 0 aliphatic heterocycles. The third-order valence-electron chi connectivity index (χ3n) is 4.57. The number of benzene rings is 2. The van der Waals surface area contributed by atoms with Crippen molar-refractivity contribution >= 4 is 22.4 Å². The van der Waals surface area contributed by atoms with Crippen LogP contribution < -0.4 is 0 Å². The number of aromatic nitrogens is 2. The molecular weight excluding hydrogens is 300 g/mol. The molecular formula is C20H16N2S. The molecule has 23 heavy (non-hydrogen) atoms. The highest BCUT2D eigenvalue weighted by atomic mass is 32.1. The van der Waals surface area contributed by atoms with E-state index in [0.29, 0.717) is 0 Å². The van der Waals surface area contributed by atoms with Gasteiger partial charge in [0.25, 0.3) is 0 Å². The molecule has 0 atom stereocenters. The third kappa shape index (κ3) is 2.37. The third-order valence-corrected chi connectivity index (χ3v) is 5.67. The molecule has 2 aromatic carbocycles. The van der Waals surface area contributed by atoms with Crippen molar-refractivity contribution < 1.29 is 0 Å². The van der Waals surface area contributed by atoms with Crippen molar-refractivity contribution in [3.8, 4) is 22.3 Å². The first-order chi connectivity index (χ1) is 11.4. The predicted molar refractivity (Wildman–Crippen MR) is 96.8 cm³/mol. The molecule has 0 bridgehead atoms. The maximum Gasteiger partial charge on any atom is 0.0931 e. The van der Waals surface area contributed by atoms with E-state index in [1.54, 1.807) is 11.2 Å². The number of rotatable bonds is 3. The molecule has 0 amide bonds. The van der Waals surface area contributed by atoms with Crippen LogP contribution in [0.3, 0.4) is 0 Å². The topological polar surface area (TPSA) is 28.7 Å². The van der Waals surface area contributed by atoms with E-state index in [2.05, 4.69) is 63.9 Å². The van der Waals surface area contributed by atoms with Crippen molar-refractivity contribution in [3.05, 3.63) is 65.1 Å². The van der Waals surface area contributed by atoms with E-state index in [-0.39, 0.29) is 0 Å². The Kier molecular flexibility index (Phi) is 2.88. The van der Waals surface area contributed by atoms with Gasteiger partial charge in [-0.1, -0.05) is 30.3 Å². The second-order valence-electron chi connectivity index (χ2n) is 6.22. The monoisotopic (exact) mass is 316 g/mol. The van der Waals surface area contributed by atoms with Crippen molar-refractivity contribution in [1.82, 2.24) is 9.97 Å². The lowest BCUT2D eigenvalue weighted by molar-refractivity contribution is 1.18. The first kappa shape index (κ1) is 13.1. The van der Waals surface area contributed by atoms with Crippen molar-refractivity contribution in [1.29, 1.82) is 0 Å². The zero-order chi connectivity index (χ0) is 15.2. The lowest BCUT2D eigenvalue weighted by Crippen LogP contribution is -1.80. The average Bonchev–Trinajstić information content (AvgIpc) is 3.14. The number of nitrogens with one attached hydrogen (secondary N) is 1. The molecule has 3 heteroatoms. The summed E-state index contributed by atoms with van der Waals surface area (Å²) in [7, 11) is 0. The average molecular weight is 316 g/mol. The molecule has 2 nitrogen and oxygen atoms in total. The van der Waals surface area contributed by atoms with Crippen molar-refractivity contribution in [2.75, 3.05) is 0 Å². The van der Waals surface area contributed by atoms with Crippen LogP contribution in [0.4, 0.5) is 0 Å². The van der Waals surface area contributed by atoms with E-state index in [0.717, 1.165) is 17.0 Å². The minimum Gasteiger partial charge on any atom is -0.345 e. The fourth-order valence-corrected chi connectivity index (χ4v) is 4.15. The van der Waals surface area contributed by atoms with Crippen LogP contribution in [-0.2, 0) is 0 Å². The van der Waals surface area contributed by atoms with Gasteiger partial charge in [0.15, 0.2) is 0 Å². The van der Waals surface area contributed by atoms with E-state index >= 15 is 0 Å². The van der Waals surface area contributed by atoms with Gasteiger partial charge >= 0.3 is 0 Å². The Morgan fingerprint density at radius 3 is 2.39 bits per heavy atom. The lowest BCUT2D eigenvalue weighted by Gasteiger charge is -2.04. The summed E-state index contributed by atoms with van der Waals surface area (Å²) in [5.74, 6) is 0.842. The Hall–Kier alpha value is -2.39. The normalized spacial score (nSPS) is 14.4. The zero-order valence-corrected chi connectivity index (χ0v) is 13.4. The number of hydrogen-bond donors (Lipinski definition) is 1. The van der Waals surface area contributed by atoms with Crippen LogP contribution in [0, 0.1) is 0 Å². The fourth-order valence-electron chi connectivity index (χ4n) is 3.06. The highest BCUT2D eigenvalue weighted by Crippen LogP contribution is 2.44. The molecule has 1 aliphatic rings. The Morgan fingerprint density at radius 2 is 1.61 bits per heavy atom. The molecule has 1 fully saturated rings. The summed E-state index contributed by atoms with van der Waals surface area (Å²) >= 11 is 1.91. The number of thiophene rings is 1. The van der Waals surface area contributed by atoms with Crippen LogP contribution in [0.1, 0.15) is 23.6 Å². The first-order valence-corrected chi connectivity index (χ1v) is 8.87. The highest BCUT2D eigenvalue weighted by molar-refractivity contribution is 7.10. The Labute approximate surface area is 138 Å². The van der Waals surface area contributed by atoms with Gasteiger partial charge in [-0.15, -0.1) is 11.3 Å². The summed E-state index contributed by atoms with van der Waals surface area (Å²) < 4.78 is 0. The molecule has 0 radical (unpaired) electrons. The van der Waals surface area contributed by atoms with Crippen molar-refractivity contribution in [3.63, 3.8) is 0 Å². The molecule has 0 saturated heterocycles. The van der Waals surface area contributed by atoms with Gasteiger partial charge in [-0.2, -0.15) is 0 Å². The lowest BCUT2D eigenvalue weighted by atomic mass is 10.0. The minimum atomic E-state index is 0.842. The zero-order valence-electron chi connectivity index (χ0n) is 12.6. The fraction of sp³-hybridized carbons (Fsp3) is 0.150. The van der Waals surface area contributed by atoms with Gasteiger partial charge in [0.1, 0.15) is 0 Å². The first-order valence-electron chi connectivity index (χ1n) is 7.99. The maximum atomic E-state index is 4.27. The van der Waals surface area contributed by atoms with Gasteiger partial charge in [-0.25, -0.2) is 4.98 Å². The summed E-state index contributed by atoms with van der Waals surface area (Å²) in [6, 6.07) is 17.6. The summed E-state index contributed by atoms with van der Waals surface area (Å²) in [6.07, 6.45) is 4.48. The SMILES string of the molecule is c1nc2ccc(-c3ccc(-c4csc(C5CC5)c4)cc3)cc2[nH]1. The summed E-state index contributed by atoms with van der Waals surface area (Å²) in [4.78, 5) is 9.00. The van der Waals surface area contributed by atoms with Crippen LogP contribution in [0.15, 0.2) is 60.2 Å². The minimum absolute atomic E-state index is 0.842. The molecule has 2 aromatic heterocycles. The summed E-state index contributed by atoms with van der Waals surface area (Å²) in [6.45, 7) is 0. The second-order valence-corrected chi connectivity index (χ2v) is 7.17. The van der Waals surface area contributed by atoms with Crippen molar-refractivity contribution in [2.24, 2.45) is 0 Å². The smallest absolute Gasteiger partial charge is 0.0931 e. The molecule has 0 unspecified atom stereocenters. The quantitative estimate of drug-likeness (QED) is 0.505. The number of H-pyrrole nitrogens is 1. The van der Waals surface area contributed by atoms with E-state index in [9.17, 15) is 0 Å². The second kappa shape index (κ2) is 5.07. The maximum absolute atomic E-state index is 4.27. The van der Waals surface area contributed by atoms with E-state index in [1.807, 2.05) is 11.3 Å². The molecule has 1 N–H and O–H groups in total. The summed E-state index contributed by atoms with van der Waals surface area (Å²) in [5, 5.41) is 2.29. The predicted octanol–water partition coefficient (Wildman–Crippen LogP) is 5.84. The molecule has 1 aliphatic carbocycles. The van der Waals surface area contributed by atoms with Crippen LogP contribution in [0.2, 0.25) is 0 Å². The number of nitrogens with zero attached hydrogens (tertiary/aromatic N) is 1. The molecule has 5 rings (SSSR count). The Bertz CT molecular complexity index is 974. The Balaban J connectivity index is 1.47. The van der Waals surface area contributed by atoms with Crippen molar-refractivity contribution in [2.45, 2.75) is 18.8 Å². The van der Waals surface area contributed by atoms with Crippen LogP contribution in [0.5, 0.6) is 0 Å². The number of fused-ring (bicyclic) bond motifs is 1.